The van der Waals surface area contributed by atoms with Crippen LogP contribution in [0.15, 0.2) is 47.5 Å². The molecular weight excluding hydrogens is 324 g/mol. The summed E-state index contributed by atoms with van der Waals surface area (Å²) in [5, 5.41) is 10.9. The fourth-order valence-corrected chi connectivity index (χ4v) is 2.68. The summed E-state index contributed by atoms with van der Waals surface area (Å²) in [5.74, 6) is 5.27. The molecule has 0 aliphatic heterocycles. The molecule has 1 heterocycles. The van der Waals surface area contributed by atoms with Gasteiger partial charge in [-0.3, -0.25) is 20.9 Å². The number of sulfonamides is 1. The molecule has 0 spiro atoms. The van der Waals surface area contributed by atoms with Crippen molar-refractivity contribution in [1.29, 1.82) is 0 Å². The van der Waals surface area contributed by atoms with Crippen LogP contribution in [0, 0.1) is 10.1 Å². The van der Waals surface area contributed by atoms with Gasteiger partial charge >= 0.3 is 0 Å². The van der Waals surface area contributed by atoms with Crippen molar-refractivity contribution in [3.05, 3.63) is 58.4 Å². The van der Waals surface area contributed by atoms with Crippen LogP contribution in [0.1, 0.15) is 5.69 Å². The number of pyridine rings is 1. The minimum atomic E-state index is -4.11. The molecule has 1 aromatic heterocycles. The zero-order valence-electron chi connectivity index (χ0n) is 12.1. The smallest absolute Gasteiger partial charge is 0.271 e. The van der Waals surface area contributed by atoms with Gasteiger partial charge in [-0.05, 0) is 18.2 Å². The molecule has 2 aromatic rings. The summed E-state index contributed by atoms with van der Waals surface area (Å²) in [6.07, 6.45) is 1.57. The first kappa shape index (κ1) is 16.8. The minimum Gasteiger partial charge on any atom is -0.486 e. The van der Waals surface area contributed by atoms with Gasteiger partial charge in [0.25, 0.3) is 15.7 Å². The number of hydrazine groups is 1. The van der Waals surface area contributed by atoms with Crippen LogP contribution in [0.2, 0.25) is 0 Å². The second-order valence-electron chi connectivity index (χ2n) is 4.52. The number of hydrogen-bond acceptors (Lipinski definition) is 7. The number of nitro groups is 1. The third-order valence-corrected chi connectivity index (χ3v) is 4.53. The molecule has 0 saturated heterocycles. The zero-order valence-corrected chi connectivity index (χ0v) is 12.9. The number of rotatable bonds is 6. The fraction of sp³-hybridized carbons (Fsp3) is 0.154. The van der Waals surface area contributed by atoms with Crippen molar-refractivity contribution in [2.75, 3.05) is 7.05 Å². The average Bonchev–Trinajstić information content (AvgIpc) is 2.53. The Balaban J connectivity index is 2.40. The van der Waals surface area contributed by atoms with E-state index < -0.39 is 14.9 Å². The van der Waals surface area contributed by atoms with Crippen molar-refractivity contribution in [3.63, 3.8) is 0 Å². The molecule has 23 heavy (non-hydrogen) atoms. The molecule has 0 fully saturated rings. The average molecular weight is 338 g/mol. The molecule has 1 aromatic carbocycles. The number of nitro benzene ring substituents is 1. The Kier molecular flexibility index (Phi) is 4.89. The molecule has 2 N–H and O–H groups in total. The minimum absolute atomic E-state index is 0.00938. The standard InChI is InChI=1S/C13H14N4O5S/c1-16(14)23(20,21)13-8-11(17(18)19)5-6-12(13)22-9-10-4-2-3-7-15-10/h2-8H,9,14H2,1H3. The highest BCUT2D eigenvalue weighted by Crippen LogP contribution is 2.30. The van der Waals surface area contributed by atoms with Crippen molar-refractivity contribution >= 4 is 15.7 Å². The molecule has 9 nitrogen and oxygen atoms in total. The van der Waals surface area contributed by atoms with Crippen molar-refractivity contribution in [2.24, 2.45) is 5.84 Å². The van der Waals surface area contributed by atoms with Gasteiger partial charge in [0.1, 0.15) is 17.3 Å². The van der Waals surface area contributed by atoms with Gasteiger partial charge in [-0.15, -0.1) is 4.41 Å². The molecule has 0 bridgehead atoms. The third-order valence-electron chi connectivity index (χ3n) is 2.90. The van der Waals surface area contributed by atoms with E-state index in [0.29, 0.717) is 10.1 Å². The van der Waals surface area contributed by atoms with Crippen LogP contribution < -0.4 is 10.6 Å². The monoisotopic (exact) mass is 338 g/mol. The van der Waals surface area contributed by atoms with Crippen LogP contribution in [-0.2, 0) is 16.6 Å². The highest BCUT2D eigenvalue weighted by Gasteiger charge is 2.26. The lowest BCUT2D eigenvalue weighted by Crippen LogP contribution is -2.33. The molecule has 0 saturated carbocycles. The molecule has 0 amide bonds. The molecule has 0 atom stereocenters. The Labute approximate surface area is 132 Å². The number of nitrogens with zero attached hydrogens (tertiary/aromatic N) is 3. The highest BCUT2D eigenvalue weighted by molar-refractivity contribution is 7.89. The molecule has 0 radical (unpaired) electrons. The molecular formula is C13H14N4O5S. The van der Waals surface area contributed by atoms with E-state index in [0.717, 1.165) is 19.2 Å². The predicted molar refractivity (Wildman–Crippen MR) is 80.8 cm³/mol. The molecule has 0 unspecified atom stereocenters. The molecule has 10 heteroatoms. The van der Waals surface area contributed by atoms with Crippen LogP contribution in [-0.4, -0.2) is 29.8 Å². The molecule has 0 aliphatic rings. The maximum absolute atomic E-state index is 12.2. The summed E-state index contributed by atoms with van der Waals surface area (Å²) >= 11 is 0. The first-order chi connectivity index (χ1) is 10.8. The van der Waals surface area contributed by atoms with E-state index in [2.05, 4.69) is 4.98 Å². The number of ether oxygens (including phenoxy) is 1. The first-order valence-corrected chi connectivity index (χ1v) is 7.81. The highest BCUT2D eigenvalue weighted by atomic mass is 32.2. The van der Waals surface area contributed by atoms with Crippen LogP contribution in [0.3, 0.4) is 0 Å². The number of hydrogen-bond donors (Lipinski definition) is 1. The lowest BCUT2D eigenvalue weighted by Gasteiger charge is -2.15. The van der Waals surface area contributed by atoms with Gasteiger partial charge in [-0.25, -0.2) is 8.42 Å². The first-order valence-electron chi connectivity index (χ1n) is 6.37. The fourth-order valence-electron chi connectivity index (χ4n) is 1.72. The topological polar surface area (TPSA) is 129 Å². The Bertz CT molecular complexity index is 808. The van der Waals surface area contributed by atoms with Crippen molar-refractivity contribution in [3.8, 4) is 5.75 Å². The summed E-state index contributed by atoms with van der Waals surface area (Å²) in [4.78, 5) is 13.8. The largest absolute Gasteiger partial charge is 0.486 e. The SMILES string of the molecule is CN(N)S(=O)(=O)c1cc([N+](=O)[O-])ccc1OCc1ccccn1. The summed E-state index contributed by atoms with van der Waals surface area (Å²) in [6, 6.07) is 8.48. The lowest BCUT2D eigenvalue weighted by atomic mass is 10.3. The van der Waals surface area contributed by atoms with Gasteiger partial charge in [0.15, 0.2) is 0 Å². The summed E-state index contributed by atoms with van der Waals surface area (Å²) < 4.78 is 30.4. The normalized spacial score (nSPS) is 11.4. The Morgan fingerprint density at radius 2 is 2.09 bits per heavy atom. The number of nitrogens with two attached hydrogens (primary N) is 1. The van der Waals surface area contributed by atoms with Crippen molar-refractivity contribution in [1.82, 2.24) is 9.40 Å². The van der Waals surface area contributed by atoms with E-state index >= 15 is 0 Å². The van der Waals surface area contributed by atoms with Gasteiger partial charge in [-0.1, -0.05) is 6.07 Å². The van der Waals surface area contributed by atoms with Gasteiger partial charge in [-0.2, -0.15) is 0 Å². The number of aromatic nitrogens is 1. The van der Waals surface area contributed by atoms with Crippen LogP contribution in [0.25, 0.3) is 0 Å². The molecule has 122 valence electrons. The van der Waals surface area contributed by atoms with Gasteiger partial charge in [0.05, 0.1) is 10.6 Å². The second kappa shape index (κ2) is 6.69. The van der Waals surface area contributed by atoms with E-state index in [-0.39, 0.29) is 22.9 Å². The summed E-state index contributed by atoms with van der Waals surface area (Å²) in [5.41, 5.74) is 0.200. The summed E-state index contributed by atoms with van der Waals surface area (Å²) in [7, 11) is -2.98. The Hall–Kier alpha value is -2.56. The van der Waals surface area contributed by atoms with Crippen molar-refractivity contribution < 1.29 is 18.1 Å². The van der Waals surface area contributed by atoms with E-state index in [1.165, 1.54) is 6.07 Å². The van der Waals surface area contributed by atoms with Gasteiger partial charge in [0.2, 0.25) is 0 Å². The van der Waals surface area contributed by atoms with Gasteiger partial charge in [0, 0.05) is 25.4 Å². The maximum atomic E-state index is 12.2. The van der Waals surface area contributed by atoms with Crippen LogP contribution in [0.4, 0.5) is 5.69 Å². The molecule has 0 aliphatic carbocycles. The van der Waals surface area contributed by atoms with Gasteiger partial charge < -0.3 is 4.74 Å². The second-order valence-corrected chi connectivity index (χ2v) is 6.49. The zero-order chi connectivity index (χ0) is 17.0. The van der Waals surface area contributed by atoms with Crippen LogP contribution in [0.5, 0.6) is 5.75 Å². The van der Waals surface area contributed by atoms with Crippen molar-refractivity contribution in [2.45, 2.75) is 11.5 Å². The third kappa shape index (κ3) is 3.80. The molecule has 2 rings (SSSR count). The Morgan fingerprint density at radius 3 is 2.65 bits per heavy atom. The maximum Gasteiger partial charge on any atom is 0.271 e. The quantitative estimate of drug-likeness (QED) is 0.473. The predicted octanol–water partition coefficient (Wildman–Crippen LogP) is 1.06. The summed E-state index contributed by atoms with van der Waals surface area (Å²) in [6.45, 7) is 0.00938. The number of benzene rings is 1. The Morgan fingerprint density at radius 1 is 1.35 bits per heavy atom. The van der Waals surface area contributed by atoms with E-state index in [4.69, 9.17) is 10.6 Å². The van der Waals surface area contributed by atoms with E-state index in [1.807, 2.05) is 0 Å². The van der Waals surface area contributed by atoms with E-state index in [9.17, 15) is 18.5 Å². The number of non-ortho nitro benzene ring substituents is 1. The lowest BCUT2D eigenvalue weighted by molar-refractivity contribution is -0.385. The van der Waals surface area contributed by atoms with Crippen LogP contribution >= 0.6 is 0 Å². The van der Waals surface area contributed by atoms with E-state index in [1.54, 1.807) is 24.4 Å².